The van der Waals surface area contributed by atoms with Crippen molar-refractivity contribution in [2.24, 2.45) is 0 Å². The Kier molecular flexibility index (Phi) is 6.29. The van der Waals surface area contributed by atoms with Crippen molar-refractivity contribution in [1.29, 1.82) is 5.26 Å². The van der Waals surface area contributed by atoms with E-state index in [0.29, 0.717) is 27.9 Å². The van der Waals surface area contributed by atoms with Crippen molar-refractivity contribution in [1.82, 2.24) is 9.97 Å². The van der Waals surface area contributed by atoms with Crippen molar-refractivity contribution in [3.8, 4) is 28.8 Å². The molecule has 0 aliphatic carbocycles. The van der Waals surface area contributed by atoms with Gasteiger partial charge in [-0.2, -0.15) is 5.26 Å². The number of nitrogens with zero attached hydrogens (tertiary/aromatic N) is 2. The first-order chi connectivity index (χ1) is 13.6. The van der Waals surface area contributed by atoms with E-state index in [1.807, 2.05) is 54.8 Å². The summed E-state index contributed by atoms with van der Waals surface area (Å²) in [7, 11) is 3.21. The molecular formula is C20H17N3O3S2. The first-order valence-electron chi connectivity index (χ1n) is 8.19. The first-order valence-corrected chi connectivity index (χ1v) is 10.2. The quantitative estimate of drug-likeness (QED) is 0.480. The molecule has 28 heavy (non-hydrogen) atoms. The average Bonchev–Trinajstić information content (AvgIpc) is 2.73. The minimum atomic E-state index is -0.449. The smallest absolute Gasteiger partial charge is 0.270 e. The van der Waals surface area contributed by atoms with Gasteiger partial charge in [-0.15, -0.1) is 0 Å². The van der Waals surface area contributed by atoms with Crippen molar-refractivity contribution in [3.05, 3.63) is 58.4 Å². The molecule has 3 rings (SSSR count). The number of hydrogen-bond donors (Lipinski definition) is 1. The van der Waals surface area contributed by atoms with Crippen LogP contribution >= 0.6 is 23.5 Å². The number of benzene rings is 2. The molecule has 0 fully saturated rings. The van der Waals surface area contributed by atoms with Crippen LogP contribution in [0, 0.1) is 11.3 Å². The summed E-state index contributed by atoms with van der Waals surface area (Å²) >= 11 is 2.77. The number of nitrogens with one attached hydrogen (secondary N) is 1. The predicted molar refractivity (Wildman–Crippen MR) is 110 cm³/mol. The van der Waals surface area contributed by atoms with Crippen LogP contribution in [-0.4, -0.2) is 30.4 Å². The highest BCUT2D eigenvalue weighted by molar-refractivity contribution is 7.99. The Balaban J connectivity index is 2.16. The SMILES string of the molecule is COc1ccc(OC)c(Sc2ccccc2-c2nc(SC)[nH]c(=O)c2C#N)c1. The maximum absolute atomic E-state index is 12.3. The maximum Gasteiger partial charge on any atom is 0.270 e. The highest BCUT2D eigenvalue weighted by atomic mass is 32.2. The Morgan fingerprint density at radius 2 is 1.89 bits per heavy atom. The van der Waals surface area contributed by atoms with Crippen LogP contribution in [0.25, 0.3) is 11.3 Å². The van der Waals surface area contributed by atoms with E-state index in [1.54, 1.807) is 14.2 Å². The standard InChI is InChI=1S/C20H17N3O3S2/c1-25-12-8-9-15(26-2)17(10-12)28-16-7-5-4-6-13(16)18-14(11-21)19(24)23-20(22-18)27-3/h4-10H,1-3H3,(H,22,23,24). The molecule has 0 spiro atoms. The van der Waals surface area contributed by atoms with Crippen molar-refractivity contribution >= 4 is 23.5 Å². The second-order valence-electron chi connectivity index (χ2n) is 5.53. The third-order valence-electron chi connectivity index (χ3n) is 3.94. The third kappa shape index (κ3) is 4.01. The number of ether oxygens (including phenoxy) is 2. The van der Waals surface area contributed by atoms with E-state index in [1.165, 1.54) is 23.5 Å². The zero-order valence-corrected chi connectivity index (χ0v) is 17.1. The topological polar surface area (TPSA) is 88.0 Å². The van der Waals surface area contributed by atoms with E-state index >= 15 is 0 Å². The van der Waals surface area contributed by atoms with Gasteiger partial charge in [-0.25, -0.2) is 4.98 Å². The van der Waals surface area contributed by atoms with Gasteiger partial charge in [0.1, 0.15) is 23.1 Å². The lowest BCUT2D eigenvalue weighted by Crippen LogP contribution is -2.14. The Labute approximate surface area is 170 Å². The summed E-state index contributed by atoms with van der Waals surface area (Å²) in [6, 6.07) is 15.0. The van der Waals surface area contributed by atoms with Crippen molar-refractivity contribution in [2.45, 2.75) is 14.9 Å². The molecule has 0 amide bonds. The number of aromatic nitrogens is 2. The van der Waals surface area contributed by atoms with E-state index in [9.17, 15) is 10.1 Å². The van der Waals surface area contributed by atoms with Crippen LogP contribution in [0.2, 0.25) is 0 Å². The molecule has 2 aromatic carbocycles. The van der Waals surface area contributed by atoms with Gasteiger partial charge in [0.2, 0.25) is 0 Å². The molecule has 0 atom stereocenters. The molecule has 0 radical (unpaired) electrons. The van der Waals surface area contributed by atoms with Crippen LogP contribution < -0.4 is 15.0 Å². The molecule has 0 unspecified atom stereocenters. The summed E-state index contributed by atoms with van der Waals surface area (Å²) in [4.78, 5) is 21.1. The van der Waals surface area contributed by atoms with Gasteiger partial charge in [0.15, 0.2) is 5.16 Å². The zero-order valence-electron chi connectivity index (χ0n) is 15.5. The van der Waals surface area contributed by atoms with Crippen LogP contribution in [0.1, 0.15) is 5.56 Å². The van der Waals surface area contributed by atoms with Gasteiger partial charge in [-0.05, 0) is 30.5 Å². The van der Waals surface area contributed by atoms with Gasteiger partial charge >= 0.3 is 0 Å². The summed E-state index contributed by atoms with van der Waals surface area (Å²) in [5.74, 6) is 1.40. The number of hydrogen-bond acceptors (Lipinski definition) is 7. The molecule has 1 N–H and O–H groups in total. The number of H-pyrrole nitrogens is 1. The van der Waals surface area contributed by atoms with Gasteiger partial charge in [0, 0.05) is 10.5 Å². The van der Waals surface area contributed by atoms with Gasteiger partial charge in [0.05, 0.1) is 24.8 Å². The Bertz CT molecular complexity index is 1110. The molecule has 0 aliphatic heterocycles. The number of aromatic amines is 1. The zero-order chi connectivity index (χ0) is 20.1. The molecule has 0 saturated heterocycles. The third-order valence-corrected chi connectivity index (χ3v) is 5.63. The number of methoxy groups -OCH3 is 2. The molecule has 6 nitrogen and oxygen atoms in total. The fourth-order valence-corrected chi connectivity index (χ4v) is 4.04. The second-order valence-corrected chi connectivity index (χ2v) is 7.40. The van der Waals surface area contributed by atoms with Crippen molar-refractivity contribution in [2.75, 3.05) is 20.5 Å². The van der Waals surface area contributed by atoms with Gasteiger partial charge < -0.3 is 14.5 Å². The summed E-state index contributed by atoms with van der Waals surface area (Å²) in [6.07, 6.45) is 1.82. The summed E-state index contributed by atoms with van der Waals surface area (Å²) in [5.41, 5.74) is 0.606. The lowest BCUT2D eigenvalue weighted by molar-refractivity contribution is 0.394. The lowest BCUT2D eigenvalue weighted by atomic mass is 10.1. The molecule has 0 bridgehead atoms. The molecule has 1 heterocycles. The summed E-state index contributed by atoms with van der Waals surface area (Å²) < 4.78 is 10.8. The van der Waals surface area contributed by atoms with Crippen LogP contribution in [-0.2, 0) is 0 Å². The van der Waals surface area contributed by atoms with E-state index in [-0.39, 0.29) is 5.56 Å². The minimum Gasteiger partial charge on any atom is -0.497 e. The fraction of sp³-hybridized carbons (Fsp3) is 0.150. The fourth-order valence-electron chi connectivity index (χ4n) is 2.58. The number of thioether (sulfide) groups is 1. The molecule has 8 heteroatoms. The van der Waals surface area contributed by atoms with Crippen molar-refractivity contribution < 1.29 is 9.47 Å². The molecule has 142 valence electrons. The monoisotopic (exact) mass is 411 g/mol. The van der Waals surface area contributed by atoms with E-state index in [4.69, 9.17) is 9.47 Å². The average molecular weight is 412 g/mol. The maximum atomic E-state index is 12.3. The van der Waals surface area contributed by atoms with E-state index in [0.717, 1.165) is 9.79 Å². The van der Waals surface area contributed by atoms with E-state index in [2.05, 4.69) is 9.97 Å². The van der Waals surface area contributed by atoms with Crippen LogP contribution in [0.5, 0.6) is 11.5 Å². The van der Waals surface area contributed by atoms with Gasteiger partial charge in [-0.3, -0.25) is 4.79 Å². The molecule has 0 saturated carbocycles. The first kappa shape index (κ1) is 19.9. The second kappa shape index (κ2) is 8.87. The van der Waals surface area contributed by atoms with Gasteiger partial charge in [-0.1, -0.05) is 41.7 Å². The Hall–Kier alpha value is -2.89. The highest BCUT2D eigenvalue weighted by Gasteiger charge is 2.18. The number of nitriles is 1. The highest BCUT2D eigenvalue weighted by Crippen LogP contribution is 2.41. The molecule has 3 aromatic rings. The summed E-state index contributed by atoms with van der Waals surface area (Å²) in [5, 5.41) is 9.95. The number of rotatable bonds is 6. The minimum absolute atomic E-state index is 0.0107. The Morgan fingerprint density at radius 1 is 1.11 bits per heavy atom. The predicted octanol–water partition coefficient (Wildman–Crippen LogP) is 4.20. The lowest BCUT2D eigenvalue weighted by Gasteiger charge is -2.13. The van der Waals surface area contributed by atoms with Crippen LogP contribution in [0.3, 0.4) is 0 Å². The molecular weight excluding hydrogens is 394 g/mol. The molecule has 1 aromatic heterocycles. The largest absolute Gasteiger partial charge is 0.497 e. The normalized spacial score (nSPS) is 10.4. The van der Waals surface area contributed by atoms with Crippen LogP contribution in [0.15, 0.2) is 62.2 Å². The van der Waals surface area contributed by atoms with Crippen LogP contribution in [0.4, 0.5) is 0 Å². The van der Waals surface area contributed by atoms with Gasteiger partial charge in [0.25, 0.3) is 5.56 Å². The van der Waals surface area contributed by atoms with E-state index < -0.39 is 5.56 Å². The summed E-state index contributed by atoms with van der Waals surface area (Å²) in [6.45, 7) is 0. The molecule has 0 aliphatic rings. The van der Waals surface area contributed by atoms with Crippen molar-refractivity contribution in [3.63, 3.8) is 0 Å². The Morgan fingerprint density at radius 3 is 2.57 bits per heavy atom.